The highest BCUT2D eigenvalue weighted by atomic mass is 16.5. The molecule has 0 radical (unpaired) electrons. The lowest BCUT2D eigenvalue weighted by atomic mass is 9.97. The Labute approximate surface area is 410 Å². The Morgan fingerprint density at radius 1 is 0.457 bits per heavy atom. The molecule has 8 rings (SSSR count). The summed E-state index contributed by atoms with van der Waals surface area (Å²) in [6.07, 6.45) is 0. The Balaban J connectivity index is 0.000000208. The summed E-state index contributed by atoms with van der Waals surface area (Å²) in [5, 5.41) is 1.47. The summed E-state index contributed by atoms with van der Waals surface area (Å²) in [7, 11) is 10.4. The summed E-state index contributed by atoms with van der Waals surface area (Å²) < 4.78 is 45.4. The number of rotatable bonds is 20. The van der Waals surface area contributed by atoms with Gasteiger partial charge in [-0.15, -0.1) is 0 Å². The van der Waals surface area contributed by atoms with Crippen molar-refractivity contribution in [3.8, 4) is 57.1 Å². The number of furan rings is 2. The van der Waals surface area contributed by atoms with Gasteiger partial charge in [0.25, 0.3) is 0 Å². The van der Waals surface area contributed by atoms with Crippen LogP contribution in [-0.2, 0) is 0 Å². The summed E-state index contributed by atoms with van der Waals surface area (Å²) in [5.74, 6) is 5.04. The van der Waals surface area contributed by atoms with E-state index < -0.39 is 0 Å². The molecule has 0 atom stereocenters. The van der Waals surface area contributed by atoms with E-state index in [0.717, 1.165) is 58.0 Å². The lowest BCUT2D eigenvalue weighted by Crippen LogP contribution is -2.39. The SMILES string of the molecule is COc1ccc(-c2oc3cc(OC)ccc3c2C(=O)c2ccc(OCCN(C(C)C)C(C)C)cc2)cc1.COc1ccc(-c2oc3cc(OC)ccc3c2C(=O)c2ccc(OCCN(C)C)cc2)cc1. The molecule has 70 heavy (non-hydrogen) atoms. The number of ketones is 2. The maximum absolute atomic E-state index is 13.8. The van der Waals surface area contributed by atoms with Crippen LogP contribution in [0.4, 0.5) is 0 Å². The molecule has 0 saturated carbocycles. The van der Waals surface area contributed by atoms with Gasteiger partial charge in [-0.1, -0.05) is 0 Å². The number of benzene rings is 6. The number of nitrogens with zero attached hydrogens (tertiary/aromatic N) is 2. The van der Waals surface area contributed by atoms with Gasteiger partial charge in [-0.3, -0.25) is 14.5 Å². The van der Waals surface area contributed by atoms with Crippen molar-refractivity contribution in [2.75, 3.05) is 68.8 Å². The molecule has 0 aliphatic heterocycles. The van der Waals surface area contributed by atoms with Crippen molar-refractivity contribution >= 4 is 33.5 Å². The van der Waals surface area contributed by atoms with Crippen molar-refractivity contribution in [3.05, 3.63) is 156 Å². The molecule has 12 nitrogen and oxygen atoms in total. The summed E-state index contributed by atoms with van der Waals surface area (Å²) >= 11 is 0. The van der Waals surface area contributed by atoms with Gasteiger partial charge in [0, 0.05) is 70.3 Å². The number of fused-ring (bicyclic) bond motifs is 2. The minimum Gasteiger partial charge on any atom is -0.497 e. The Kier molecular flexibility index (Phi) is 16.7. The molecular weight excluding hydrogens is 885 g/mol. The minimum atomic E-state index is -0.121. The number of ether oxygens (including phenoxy) is 6. The van der Waals surface area contributed by atoms with Crippen LogP contribution >= 0.6 is 0 Å². The summed E-state index contributed by atoms with van der Waals surface area (Å²) in [6, 6.07) is 41.3. The fraction of sp³-hybridized carbons (Fsp3) is 0.276. The van der Waals surface area contributed by atoms with Crippen molar-refractivity contribution in [2.45, 2.75) is 39.8 Å². The van der Waals surface area contributed by atoms with Crippen molar-refractivity contribution < 1.29 is 46.8 Å². The third-order valence-electron chi connectivity index (χ3n) is 11.9. The second-order valence-electron chi connectivity index (χ2n) is 17.4. The van der Waals surface area contributed by atoms with E-state index in [0.29, 0.717) is 81.7 Å². The standard InChI is InChI=1S/C31H35NO5.C27H27NO5/c1-20(2)32(21(3)4)17-18-36-25-13-7-22(8-14-25)30(33)29-27-16-15-26(35-6)19-28(27)37-31(29)23-9-11-24(34-5)12-10-23;1-28(2)15-16-32-21-11-5-18(6-12-21)26(29)25-23-14-13-22(31-4)17-24(23)33-27(25)19-7-9-20(30-3)10-8-19/h7-16,19-21H,17-18H2,1-6H3;5-14,17H,15-16H2,1-4H3. The molecule has 0 N–H and O–H groups in total. The van der Waals surface area contributed by atoms with Crippen LogP contribution in [0, 0.1) is 0 Å². The highest BCUT2D eigenvalue weighted by molar-refractivity contribution is 6.20. The van der Waals surface area contributed by atoms with Crippen LogP contribution in [0.2, 0.25) is 0 Å². The molecule has 2 aromatic heterocycles. The first-order valence-electron chi connectivity index (χ1n) is 23.3. The van der Waals surface area contributed by atoms with Gasteiger partial charge in [0.15, 0.2) is 11.6 Å². The summed E-state index contributed by atoms with van der Waals surface area (Å²) in [5.41, 5.74) is 4.91. The topological polar surface area (TPSA) is 122 Å². The molecule has 6 aromatic carbocycles. The molecule has 0 unspecified atom stereocenters. The normalized spacial score (nSPS) is 11.3. The van der Waals surface area contributed by atoms with Gasteiger partial charge in [0.2, 0.25) is 0 Å². The molecule has 364 valence electrons. The van der Waals surface area contributed by atoms with Gasteiger partial charge in [-0.25, -0.2) is 0 Å². The van der Waals surface area contributed by atoms with Crippen molar-refractivity contribution in [1.29, 1.82) is 0 Å². The number of hydrogen-bond donors (Lipinski definition) is 0. The van der Waals surface area contributed by atoms with Gasteiger partial charge in [-0.2, -0.15) is 0 Å². The molecule has 0 aliphatic rings. The molecule has 0 saturated heterocycles. The summed E-state index contributed by atoms with van der Waals surface area (Å²) in [4.78, 5) is 31.9. The average Bonchev–Trinajstić information content (AvgIpc) is 3.96. The average molecular weight is 947 g/mol. The van der Waals surface area contributed by atoms with Gasteiger partial charge in [-0.05, 0) is 163 Å². The van der Waals surface area contributed by atoms with E-state index in [4.69, 9.17) is 37.3 Å². The van der Waals surface area contributed by atoms with Crippen LogP contribution in [0.3, 0.4) is 0 Å². The van der Waals surface area contributed by atoms with Gasteiger partial charge < -0.3 is 42.2 Å². The zero-order chi connectivity index (χ0) is 49.9. The highest BCUT2D eigenvalue weighted by Gasteiger charge is 2.26. The number of carbonyl (C=O) groups excluding carboxylic acids is 2. The van der Waals surface area contributed by atoms with Crippen molar-refractivity contribution in [3.63, 3.8) is 0 Å². The van der Waals surface area contributed by atoms with Crippen LogP contribution in [0.5, 0.6) is 34.5 Å². The van der Waals surface area contributed by atoms with Crippen LogP contribution in [0.25, 0.3) is 44.6 Å². The van der Waals surface area contributed by atoms with Gasteiger partial charge in [0.1, 0.15) is 70.4 Å². The lowest BCUT2D eigenvalue weighted by Gasteiger charge is -2.30. The lowest BCUT2D eigenvalue weighted by molar-refractivity contribution is 0.103. The fourth-order valence-electron chi connectivity index (χ4n) is 8.17. The van der Waals surface area contributed by atoms with Crippen LogP contribution in [0.15, 0.2) is 142 Å². The molecule has 0 spiro atoms. The van der Waals surface area contributed by atoms with Gasteiger partial charge in [0.05, 0.1) is 39.6 Å². The van der Waals surface area contributed by atoms with E-state index >= 15 is 0 Å². The van der Waals surface area contributed by atoms with Crippen molar-refractivity contribution in [1.82, 2.24) is 9.80 Å². The minimum absolute atomic E-state index is 0.118. The van der Waals surface area contributed by atoms with Crippen LogP contribution in [0.1, 0.15) is 59.5 Å². The second-order valence-corrected chi connectivity index (χ2v) is 17.4. The first kappa shape index (κ1) is 50.3. The Morgan fingerprint density at radius 3 is 1.14 bits per heavy atom. The maximum atomic E-state index is 13.8. The molecule has 0 bridgehead atoms. The largest absolute Gasteiger partial charge is 0.497 e. The predicted molar refractivity (Wildman–Crippen MR) is 276 cm³/mol. The first-order chi connectivity index (χ1) is 33.8. The predicted octanol–water partition coefficient (Wildman–Crippen LogP) is 12.1. The zero-order valence-electron chi connectivity index (χ0n) is 41.7. The molecule has 0 fully saturated rings. The van der Waals surface area contributed by atoms with Gasteiger partial charge >= 0.3 is 0 Å². The second kappa shape index (κ2) is 23.2. The Morgan fingerprint density at radius 2 is 0.800 bits per heavy atom. The molecular formula is C58H62N2O10. The monoisotopic (exact) mass is 946 g/mol. The quantitative estimate of drug-likeness (QED) is 0.0676. The van der Waals surface area contributed by atoms with Crippen molar-refractivity contribution in [2.24, 2.45) is 0 Å². The summed E-state index contributed by atoms with van der Waals surface area (Å²) in [6.45, 7) is 11.6. The molecule has 2 heterocycles. The smallest absolute Gasteiger partial charge is 0.197 e. The molecule has 8 aromatic rings. The molecule has 12 heteroatoms. The first-order valence-corrected chi connectivity index (χ1v) is 23.3. The van der Waals surface area contributed by atoms with Crippen LogP contribution < -0.4 is 28.4 Å². The number of carbonyl (C=O) groups is 2. The number of likely N-dealkylation sites (N-methyl/N-ethyl adjacent to an activating group) is 1. The fourth-order valence-corrected chi connectivity index (χ4v) is 8.17. The zero-order valence-corrected chi connectivity index (χ0v) is 41.7. The Hall–Kier alpha value is -7.54. The van der Waals surface area contributed by atoms with E-state index in [-0.39, 0.29) is 11.6 Å². The van der Waals surface area contributed by atoms with E-state index in [1.807, 2.05) is 111 Å². The van der Waals surface area contributed by atoms with E-state index in [1.54, 1.807) is 64.8 Å². The number of methoxy groups -OCH3 is 4. The third-order valence-corrected chi connectivity index (χ3v) is 11.9. The number of hydrogen-bond acceptors (Lipinski definition) is 12. The molecule has 0 amide bonds. The molecule has 0 aliphatic carbocycles. The highest BCUT2D eigenvalue weighted by Crippen LogP contribution is 2.39. The van der Waals surface area contributed by atoms with E-state index in [2.05, 4.69) is 37.5 Å². The van der Waals surface area contributed by atoms with E-state index in [9.17, 15) is 9.59 Å². The third kappa shape index (κ3) is 11.8. The van der Waals surface area contributed by atoms with E-state index in [1.165, 1.54) is 0 Å². The van der Waals surface area contributed by atoms with Crippen LogP contribution in [-0.4, -0.2) is 102 Å². The maximum Gasteiger partial charge on any atom is 0.197 e. The Bertz CT molecular complexity index is 2980.